The van der Waals surface area contributed by atoms with Crippen LogP contribution in [0.15, 0.2) is 48.5 Å². The SMILES string of the molecule is COc1cccc(CNC(=O)CSC(C)c2ccccc2F)c1. The number of rotatable bonds is 7. The summed E-state index contributed by atoms with van der Waals surface area (Å²) in [5.74, 6) is 0.754. The number of benzene rings is 2. The Morgan fingerprint density at radius 1 is 1.26 bits per heavy atom. The van der Waals surface area contributed by atoms with E-state index in [0.29, 0.717) is 17.9 Å². The van der Waals surface area contributed by atoms with Crippen molar-refractivity contribution in [3.8, 4) is 5.75 Å². The van der Waals surface area contributed by atoms with E-state index in [-0.39, 0.29) is 17.0 Å². The van der Waals surface area contributed by atoms with E-state index in [4.69, 9.17) is 4.74 Å². The molecule has 2 aromatic carbocycles. The molecule has 0 saturated carbocycles. The maximum Gasteiger partial charge on any atom is 0.230 e. The summed E-state index contributed by atoms with van der Waals surface area (Å²) in [5, 5.41) is 2.79. The Bertz CT molecular complexity index is 663. The zero-order chi connectivity index (χ0) is 16.7. The highest BCUT2D eigenvalue weighted by atomic mass is 32.2. The van der Waals surface area contributed by atoms with Gasteiger partial charge in [0.2, 0.25) is 5.91 Å². The van der Waals surface area contributed by atoms with Crippen molar-refractivity contribution >= 4 is 17.7 Å². The molecule has 0 aliphatic heterocycles. The quantitative estimate of drug-likeness (QED) is 0.834. The van der Waals surface area contributed by atoms with Gasteiger partial charge in [-0.1, -0.05) is 30.3 Å². The lowest BCUT2D eigenvalue weighted by molar-refractivity contribution is -0.118. The van der Waals surface area contributed by atoms with Crippen LogP contribution in [0.5, 0.6) is 5.75 Å². The summed E-state index contributed by atoms with van der Waals surface area (Å²) >= 11 is 1.42. The highest BCUT2D eigenvalue weighted by Crippen LogP contribution is 2.29. The molecule has 23 heavy (non-hydrogen) atoms. The monoisotopic (exact) mass is 333 g/mol. The summed E-state index contributed by atoms with van der Waals surface area (Å²) < 4.78 is 18.8. The molecule has 5 heteroatoms. The van der Waals surface area contributed by atoms with Crippen molar-refractivity contribution in [2.75, 3.05) is 12.9 Å². The Kier molecular flexibility index (Phi) is 6.47. The minimum atomic E-state index is -0.232. The van der Waals surface area contributed by atoms with Crippen LogP contribution in [0.3, 0.4) is 0 Å². The lowest BCUT2D eigenvalue weighted by Crippen LogP contribution is -2.24. The van der Waals surface area contributed by atoms with Crippen molar-refractivity contribution in [3.05, 3.63) is 65.5 Å². The molecule has 0 heterocycles. The Hall–Kier alpha value is -2.01. The number of nitrogens with one attached hydrogen (secondary N) is 1. The normalized spacial score (nSPS) is 11.8. The highest BCUT2D eigenvalue weighted by molar-refractivity contribution is 8.00. The Balaban J connectivity index is 1.80. The second-order valence-corrected chi connectivity index (χ2v) is 6.43. The first kappa shape index (κ1) is 17.3. The zero-order valence-corrected chi connectivity index (χ0v) is 14.0. The Labute approximate surface area is 140 Å². The van der Waals surface area contributed by atoms with Gasteiger partial charge in [-0.3, -0.25) is 4.79 Å². The second-order valence-electron chi connectivity index (χ2n) is 5.10. The molecule has 2 aromatic rings. The lowest BCUT2D eigenvalue weighted by Gasteiger charge is -2.12. The first-order valence-electron chi connectivity index (χ1n) is 7.36. The summed E-state index contributed by atoms with van der Waals surface area (Å²) in [6, 6.07) is 14.2. The van der Waals surface area contributed by atoms with Gasteiger partial charge in [0.25, 0.3) is 0 Å². The van der Waals surface area contributed by atoms with Crippen LogP contribution < -0.4 is 10.1 Å². The molecule has 0 spiro atoms. The summed E-state index contributed by atoms with van der Waals surface area (Å²) in [6.45, 7) is 2.35. The molecular formula is C18H20FNO2S. The number of carbonyl (C=O) groups is 1. The minimum absolute atomic E-state index is 0.0685. The molecule has 1 unspecified atom stereocenters. The van der Waals surface area contributed by atoms with E-state index in [1.54, 1.807) is 25.3 Å². The van der Waals surface area contributed by atoms with Gasteiger partial charge in [-0.25, -0.2) is 4.39 Å². The van der Waals surface area contributed by atoms with Gasteiger partial charge in [-0.05, 0) is 30.7 Å². The molecule has 122 valence electrons. The third-order valence-corrected chi connectivity index (χ3v) is 4.61. The Morgan fingerprint density at radius 3 is 2.78 bits per heavy atom. The highest BCUT2D eigenvalue weighted by Gasteiger charge is 2.12. The van der Waals surface area contributed by atoms with E-state index in [9.17, 15) is 9.18 Å². The molecule has 0 fully saturated rings. The average Bonchev–Trinajstić information content (AvgIpc) is 2.58. The third kappa shape index (κ3) is 5.28. The van der Waals surface area contributed by atoms with Gasteiger partial charge < -0.3 is 10.1 Å². The topological polar surface area (TPSA) is 38.3 Å². The van der Waals surface area contributed by atoms with E-state index < -0.39 is 0 Å². The van der Waals surface area contributed by atoms with Crippen LogP contribution in [0, 0.1) is 5.82 Å². The van der Waals surface area contributed by atoms with Crippen LogP contribution in [0.2, 0.25) is 0 Å². The average molecular weight is 333 g/mol. The molecule has 0 saturated heterocycles. The molecule has 1 amide bonds. The zero-order valence-electron chi connectivity index (χ0n) is 13.2. The predicted octanol–water partition coefficient (Wildman–Crippen LogP) is 3.94. The number of amides is 1. The van der Waals surface area contributed by atoms with Gasteiger partial charge in [-0.15, -0.1) is 11.8 Å². The molecular weight excluding hydrogens is 313 g/mol. The minimum Gasteiger partial charge on any atom is -0.497 e. The van der Waals surface area contributed by atoms with E-state index in [1.807, 2.05) is 31.2 Å². The standard InChI is InChI=1S/C18H20FNO2S/c1-13(16-8-3-4-9-17(16)19)23-12-18(21)20-11-14-6-5-7-15(10-14)22-2/h3-10,13H,11-12H2,1-2H3,(H,20,21). The predicted molar refractivity (Wildman–Crippen MR) is 92.1 cm³/mol. The van der Waals surface area contributed by atoms with Crippen LogP contribution in [-0.4, -0.2) is 18.8 Å². The first-order valence-corrected chi connectivity index (χ1v) is 8.40. The lowest BCUT2D eigenvalue weighted by atomic mass is 10.1. The van der Waals surface area contributed by atoms with Crippen molar-refractivity contribution in [1.82, 2.24) is 5.32 Å². The van der Waals surface area contributed by atoms with Crippen LogP contribution in [0.4, 0.5) is 4.39 Å². The van der Waals surface area contributed by atoms with E-state index >= 15 is 0 Å². The van der Waals surface area contributed by atoms with Crippen molar-refractivity contribution in [2.45, 2.75) is 18.7 Å². The molecule has 1 N–H and O–H groups in total. The molecule has 2 rings (SSSR count). The van der Waals surface area contributed by atoms with Gasteiger partial charge in [-0.2, -0.15) is 0 Å². The maximum atomic E-state index is 13.7. The van der Waals surface area contributed by atoms with Gasteiger partial charge in [0.05, 0.1) is 12.9 Å². The summed E-state index contributed by atoms with van der Waals surface area (Å²) in [6.07, 6.45) is 0. The van der Waals surface area contributed by atoms with Crippen LogP contribution in [-0.2, 0) is 11.3 Å². The number of hydrogen-bond acceptors (Lipinski definition) is 3. The van der Waals surface area contributed by atoms with Crippen LogP contribution >= 0.6 is 11.8 Å². The fourth-order valence-electron chi connectivity index (χ4n) is 2.13. The number of carbonyl (C=O) groups excluding carboxylic acids is 1. The fourth-order valence-corrected chi connectivity index (χ4v) is 3.00. The second kappa shape index (κ2) is 8.58. The van der Waals surface area contributed by atoms with Crippen molar-refractivity contribution < 1.29 is 13.9 Å². The molecule has 3 nitrogen and oxygen atoms in total. The van der Waals surface area contributed by atoms with Gasteiger partial charge in [0.1, 0.15) is 11.6 Å². The maximum absolute atomic E-state index is 13.7. The van der Waals surface area contributed by atoms with Gasteiger partial charge >= 0.3 is 0 Å². The van der Waals surface area contributed by atoms with Gasteiger partial charge in [0, 0.05) is 17.4 Å². The van der Waals surface area contributed by atoms with E-state index in [2.05, 4.69) is 5.32 Å². The van der Waals surface area contributed by atoms with Gasteiger partial charge in [0.15, 0.2) is 0 Å². The van der Waals surface area contributed by atoms with E-state index in [0.717, 1.165) is 11.3 Å². The van der Waals surface area contributed by atoms with E-state index in [1.165, 1.54) is 17.8 Å². The van der Waals surface area contributed by atoms with Crippen LogP contribution in [0.25, 0.3) is 0 Å². The molecule has 0 radical (unpaired) electrons. The largest absolute Gasteiger partial charge is 0.497 e. The third-order valence-electron chi connectivity index (χ3n) is 3.43. The van der Waals surface area contributed by atoms with Crippen molar-refractivity contribution in [3.63, 3.8) is 0 Å². The number of hydrogen-bond donors (Lipinski definition) is 1. The summed E-state index contributed by atoms with van der Waals surface area (Å²) in [5.41, 5.74) is 1.60. The number of ether oxygens (including phenoxy) is 1. The molecule has 0 bridgehead atoms. The smallest absolute Gasteiger partial charge is 0.230 e. The number of halogens is 1. The molecule has 0 aliphatic carbocycles. The summed E-state index contributed by atoms with van der Waals surface area (Å²) in [7, 11) is 1.61. The molecule has 1 atom stereocenters. The summed E-state index contributed by atoms with van der Waals surface area (Å²) in [4.78, 5) is 11.9. The first-order chi connectivity index (χ1) is 11.1. The fraction of sp³-hybridized carbons (Fsp3) is 0.278. The van der Waals surface area contributed by atoms with Crippen molar-refractivity contribution in [2.24, 2.45) is 0 Å². The number of thioether (sulfide) groups is 1. The molecule has 0 aliphatic rings. The van der Waals surface area contributed by atoms with Crippen molar-refractivity contribution in [1.29, 1.82) is 0 Å². The number of methoxy groups -OCH3 is 1. The Morgan fingerprint density at radius 2 is 2.04 bits per heavy atom. The van der Waals surface area contributed by atoms with Crippen LogP contribution in [0.1, 0.15) is 23.3 Å². The molecule has 0 aromatic heterocycles.